The maximum Gasteiger partial charge on any atom is 0.240 e. The van der Waals surface area contributed by atoms with Crippen molar-refractivity contribution in [1.29, 1.82) is 5.26 Å². The van der Waals surface area contributed by atoms with E-state index in [1.165, 1.54) is 0 Å². The maximum atomic E-state index is 13.2. The lowest BCUT2D eigenvalue weighted by molar-refractivity contribution is 0.0390. The van der Waals surface area contributed by atoms with Crippen LogP contribution in [0.15, 0.2) is 23.1 Å². The van der Waals surface area contributed by atoms with Crippen molar-refractivity contribution in [3.8, 4) is 6.07 Å². The summed E-state index contributed by atoms with van der Waals surface area (Å²) in [6.45, 7) is 3.68. The van der Waals surface area contributed by atoms with Gasteiger partial charge >= 0.3 is 0 Å². The van der Waals surface area contributed by atoms with Gasteiger partial charge in [-0.2, -0.15) is 5.26 Å². The number of benzene rings is 1. The summed E-state index contributed by atoms with van der Waals surface area (Å²) in [5, 5.41) is 8.73. The average Bonchev–Trinajstić information content (AvgIpc) is 2.48. The van der Waals surface area contributed by atoms with Gasteiger partial charge in [0.2, 0.25) is 10.0 Å². The number of nitriles is 1. The quantitative estimate of drug-likeness (QED) is 0.846. The van der Waals surface area contributed by atoms with E-state index in [1.54, 1.807) is 6.07 Å². The number of halogens is 1. The van der Waals surface area contributed by atoms with Crippen LogP contribution in [0.5, 0.6) is 0 Å². The van der Waals surface area contributed by atoms with Gasteiger partial charge in [0.1, 0.15) is 11.9 Å². The third kappa shape index (κ3) is 4.22. The van der Waals surface area contributed by atoms with Gasteiger partial charge in [-0.05, 0) is 18.2 Å². The second-order valence-corrected chi connectivity index (χ2v) is 6.37. The summed E-state index contributed by atoms with van der Waals surface area (Å²) < 4.78 is 45.0. The summed E-state index contributed by atoms with van der Waals surface area (Å²) in [6, 6.07) is 4.79. The van der Waals surface area contributed by atoms with Crippen molar-refractivity contribution in [2.24, 2.45) is 0 Å². The van der Waals surface area contributed by atoms with Gasteiger partial charge in [0.05, 0.1) is 23.7 Å². The van der Waals surface area contributed by atoms with E-state index < -0.39 is 15.8 Å². The molecule has 0 saturated carbocycles. The maximum absolute atomic E-state index is 13.2. The van der Waals surface area contributed by atoms with Gasteiger partial charge in [-0.3, -0.25) is 4.90 Å². The molecule has 1 aromatic carbocycles. The highest BCUT2D eigenvalue weighted by molar-refractivity contribution is 7.89. The number of sulfonamides is 1. The van der Waals surface area contributed by atoms with Crippen LogP contribution < -0.4 is 4.72 Å². The number of nitrogens with zero attached hydrogens (tertiary/aromatic N) is 2. The second kappa shape index (κ2) is 6.95. The normalized spacial score (nSPS) is 16.6. The first-order chi connectivity index (χ1) is 10.0. The van der Waals surface area contributed by atoms with E-state index >= 15 is 0 Å². The van der Waals surface area contributed by atoms with Crippen molar-refractivity contribution in [3.63, 3.8) is 0 Å². The van der Waals surface area contributed by atoms with Gasteiger partial charge in [0.25, 0.3) is 0 Å². The number of hydrogen-bond donors (Lipinski definition) is 1. The molecule has 0 radical (unpaired) electrons. The molecule has 1 fully saturated rings. The summed E-state index contributed by atoms with van der Waals surface area (Å²) in [5.74, 6) is -0.732. The minimum atomic E-state index is -3.74. The zero-order valence-electron chi connectivity index (χ0n) is 11.4. The largest absolute Gasteiger partial charge is 0.379 e. The van der Waals surface area contributed by atoms with Crippen molar-refractivity contribution < 1.29 is 17.5 Å². The SMILES string of the molecule is N#Cc1cc(S(=O)(=O)NCCN2CCOCC2)ccc1F. The molecule has 1 aliphatic heterocycles. The summed E-state index contributed by atoms with van der Waals surface area (Å²) >= 11 is 0. The molecule has 0 aliphatic carbocycles. The van der Waals surface area contributed by atoms with Gasteiger partial charge in [0.15, 0.2) is 0 Å². The van der Waals surface area contributed by atoms with E-state index in [9.17, 15) is 12.8 Å². The summed E-state index contributed by atoms with van der Waals surface area (Å²) in [4.78, 5) is 1.99. The van der Waals surface area contributed by atoms with Gasteiger partial charge in [-0.15, -0.1) is 0 Å². The molecule has 0 bridgehead atoms. The lowest BCUT2D eigenvalue weighted by Crippen LogP contribution is -2.41. The van der Waals surface area contributed by atoms with E-state index in [2.05, 4.69) is 9.62 Å². The van der Waals surface area contributed by atoms with E-state index in [0.717, 1.165) is 31.3 Å². The molecule has 1 N–H and O–H groups in total. The Bertz CT molecular complexity index is 637. The Labute approximate surface area is 123 Å². The zero-order valence-corrected chi connectivity index (χ0v) is 12.2. The number of morpholine rings is 1. The molecule has 6 nitrogen and oxygen atoms in total. The van der Waals surface area contributed by atoms with Crippen LogP contribution in [0.25, 0.3) is 0 Å². The molecule has 0 aromatic heterocycles. The van der Waals surface area contributed by atoms with Crippen LogP contribution in [0.2, 0.25) is 0 Å². The first-order valence-corrected chi connectivity index (χ1v) is 8.00. The van der Waals surface area contributed by atoms with Crippen molar-refractivity contribution in [1.82, 2.24) is 9.62 Å². The third-order valence-corrected chi connectivity index (χ3v) is 4.65. The molecule has 1 aliphatic rings. The fraction of sp³-hybridized carbons (Fsp3) is 0.462. The second-order valence-electron chi connectivity index (χ2n) is 4.61. The van der Waals surface area contributed by atoms with E-state index in [-0.39, 0.29) is 17.0 Å². The first-order valence-electron chi connectivity index (χ1n) is 6.52. The monoisotopic (exact) mass is 313 g/mol. The van der Waals surface area contributed by atoms with Gasteiger partial charge in [-0.1, -0.05) is 0 Å². The highest BCUT2D eigenvalue weighted by Crippen LogP contribution is 2.14. The van der Waals surface area contributed by atoms with E-state index in [0.29, 0.717) is 19.8 Å². The standard InChI is InChI=1S/C13H16FN3O3S/c14-13-2-1-12(9-11(13)10-15)21(18,19)16-3-4-17-5-7-20-8-6-17/h1-2,9,16H,3-8H2. The number of nitrogens with one attached hydrogen (secondary N) is 1. The Balaban J connectivity index is 1.96. The highest BCUT2D eigenvalue weighted by atomic mass is 32.2. The molecule has 114 valence electrons. The Morgan fingerprint density at radius 1 is 1.38 bits per heavy atom. The molecule has 0 atom stereocenters. The number of ether oxygens (including phenoxy) is 1. The lowest BCUT2D eigenvalue weighted by Gasteiger charge is -2.26. The molecule has 1 heterocycles. The van der Waals surface area contributed by atoms with Crippen LogP contribution >= 0.6 is 0 Å². The Kier molecular flexibility index (Phi) is 5.25. The predicted molar refractivity (Wildman–Crippen MR) is 73.6 cm³/mol. The van der Waals surface area contributed by atoms with E-state index in [4.69, 9.17) is 10.00 Å². The van der Waals surface area contributed by atoms with Gasteiger partial charge in [-0.25, -0.2) is 17.5 Å². The molecule has 0 spiro atoms. The molecular formula is C13H16FN3O3S. The Morgan fingerprint density at radius 3 is 2.76 bits per heavy atom. The van der Waals surface area contributed by atoms with Crippen LogP contribution in [-0.4, -0.2) is 52.7 Å². The third-order valence-electron chi connectivity index (χ3n) is 3.19. The molecule has 8 heteroatoms. The summed E-state index contributed by atoms with van der Waals surface area (Å²) in [5.41, 5.74) is -0.286. The molecule has 2 rings (SSSR count). The van der Waals surface area contributed by atoms with Crippen molar-refractivity contribution in [2.45, 2.75) is 4.90 Å². The molecule has 1 saturated heterocycles. The average molecular weight is 313 g/mol. The fourth-order valence-electron chi connectivity index (χ4n) is 2.00. The first kappa shape index (κ1) is 15.9. The molecule has 21 heavy (non-hydrogen) atoms. The van der Waals surface area contributed by atoms with Crippen molar-refractivity contribution in [2.75, 3.05) is 39.4 Å². The smallest absolute Gasteiger partial charge is 0.240 e. The van der Waals surface area contributed by atoms with Crippen LogP contribution in [0.1, 0.15) is 5.56 Å². The van der Waals surface area contributed by atoms with Crippen LogP contribution in [-0.2, 0) is 14.8 Å². The fourth-order valence-corrected chi connectivity index (χ4v) is 3.05. The van der Waals surface area contributed by atoms with Gasteiger partial charge in [0, 0.05) is 26.2 Å². The van der Waals surface area contributed by atoms with Crippen molar-refractivity contribution in [3.05, 3.63) is 29.6 Å². The summed E-state index contributed by atoms with van der Waals surface area (Å²) in [7, 11) is -3.74. The molecule has 1 aromatic rings. The molecular weight excluding hydrogens is 297 g/mol. The topological polar surface area (TPSA) is 82.4 Å². The molecule has 0 amide bonds. The highest BCUT2D eigenvalue weighted by Gasteiger charge is 2.17. The predicted octanol–water partition coefficient (Wildman–Crippen LogP) is 0.308. The zero-order chi connectivity index (χ0) is 15.3. The summed E-state index contributed by atoms with van der Waals surface area (Å²) in [6.07, 6.45) is 0. The minimum absolute atomic E-state index is 0.109. The number of rotatable bonds is 5. The van der Waals surface area contributed by atoms with Gasteiger partial charge < -0.3 is 4.74 Å². The Hall–Kier alpha value is -1.53. The minimum Gasteiger partial charge on any atom is -0.379 e. The van der Waals surface area contributed by atoms with Crippen LogP contribution in [0.4, 0.5) is 4.39 Å². The number of hydrogen-bond acceptors (Lipinski definition) is 5. The van der Waals surface area contributed by atoms with Crippen LogP contribution in [0.3, 0.4) is 0 Å². The van der Waals surface area contributed by atoms with E-state index in [1.807, 2.05) is 0 Å². The lowest BCUT2D eigenvalue weighted by atomic mass is 10.2. The van der Waals surface area contributed by atoms with Crippen LogP contribution in [0, 0.1) is 17.1 Å². The molecule has 0 unspecified atom stereocenters. The van der Waals surface area contributed by atoms with Crippen molar-refractivity contribution >= 4 is 10.0 Å². The Morgan fingerprint density at radius 2 is 2.10 bits per heavy atom.